The molecule has 0 aliphatic carbocycles. The quantitative estimate of drug-likeness (QED) is 0.360. The first-order valence-electron chi connectivity index (χ1n) is 11.6. The predicted octanol–water partition coefficient (Wildman–Crippen LogP) is 5.19. The molecule has 0 unspecified atom stereocenters. The predicted molar refractivity (Wildman–Crippen MR) is 146 cm³/mol. The third-order valence-electron chi connectivity index (χ3n) is 6.59. The number of likely N-dealkylation sites (N-methyl/N-ethyl adjacent to an activating group) is 1. The fraction of sp³-hybridized carbons (Fsp3) is 0.259. The van der Waals surface area contributed by atoms with E-state index < -0.39 is 0 Å². The smallest absolute Gasteiger partial charge is 0.281 e. The SMILES string of the molecule is Cc1cc(/C=C2/C(=O)N(c3ccc(Cl)cc3)C(=S)N2C)c(C)n1-c1ccc(N2CCOCC2)cc1. The Morgan fingerprint density at radius 2 is 1.54 bits per heavy atom. The van der Waals surface area contributed by atoms with Crippen molar-refractivity contribution in [3.63, 3.8) is 0 Å². The number of carbonyl (C=O) groups is 1. The summed E-state index contributed by atoms with van der Waals surface area (Å²) in [5.41, 5.74) is 6.67. The molecule has 3 aromatic rings. The molecule has 0 radical (unpaired) electrons. The number of hydrogen-bond donors (Lipinski definition) is 0. The summed E-state index contributed by atoms with van der Waals surface area (Å²) in [6.45, 7) is 7.51. The van der Waals surface area contributed by atoms with Crippen molar-refractivity contribution in [1.29, 1.82) is 0 Å². The third kappa shape index (κ3) is 4.35. The van der Waals surface area contributed by atoms with Crippen LogP contribution in [0, 0.1) is 13.8 Å². The Kier molecular flexibility index (Phi) is 6.40. The van der Waals surface area contributed by atoms with Gasteiger partial charge < -0.3 is 19.1 Å². The average Bonchev–Trinajstić information content (AvgIpc) is 3.27. The number of aromatic nitrogens is 1. The molecule has 5 rings (SSSR count). The Balaban J connectivity index is 1.44. The average molecular weight is 507 g/mol. The van der Waals surface area contributed by atoms with Crippen LogP contribution in [0.1, 0.15) is 17.0 Å². The van der Waals surface area contributed by atoms with Crippen LogP contribution in [0.15, 0.2) is 60.3 Å². The summed E-state index contributed by atoms with van der Waals surface area (Å²) in [7, 11) is 1.82. The van der Waals surface area contributed by atoms with E-state index >= 15 is 0 Å². The normalized spacial score (nSPS) is 17.7. The highest BCUT2D eigenvalue weighted by Gasteiger charge is 2.37. The highest BCUT2D eigenvalue weighted by Crippen LogP contribution is 2.31. The van der Waals surface area contributed by atoms with Gasteiger partial charge in [-0.2, -0.15) is 0 Å². The maximum absolute atomic E-state index is 13.4. The minimum absolute atomic E-state index is 0.153. The second kappa shape index (κ2) is 9.49. The van der Waals surface area contributed by atoms with Gasteiger partial charge in [-0.1, -0.05) is 11.6 Å². The van der Waals surface area contributed by atoms with E-state index in [0.717, 1.165) is 48.9 Å². The lowest BCUT2D eigenvalue weighted by Crippen LogP contribution is -2.36. The largest absolute Gasteiger partial charge is 0.378 e. The Bertz CT molecular complexity index is 1310. The molecule has 0 bridgehead atoms. The lowest BCUT2D eigenvalue weighted by atomic mass is 10.2. The Hall–Kier alpha value is -3.13. The zero-order valence-electron chi connectivity index (χ0n) is 20.0. The molecule has 3 heterocycles. The van der Waals surface area contributed by atoms with E-state index in [2.05, 4.69) is 53.6 Å². The van der Waals surface area contributed by atoms with E-state index in [1.165, 1.54) is 5.69 Å². The first-order valence-corrected chi connectivity index (χ1v) is 12.4. The minimum Gasteiger partial charge on any atom is -0.378 e. The van der Waals surface area contributed by atoms with Crippen molar-refractivity contribution in [2.24, 2.45) is 0 Å². The number of halogens is 1. The Labute approximate surface area is 215 Å². The Morgan fingerprint density at radius 3 is 2.20 bits per heavy atom. The highest BCUT2D eigenvalue weighted by atomic mass is 35.5. The van der Waals surface area contributed by atoms with Gasteiger partial charge in [0.15, 0.2) is 5.11 Å². The van der Waals surface area contributed by atoms with E-state index in [9.17, 15) is 4.79 Å². The molecule has 6 nitrogen and oxygen atoms in total. The van der Waals surface area contributed by atoms with Gasteiger partial charge >= 0.3 is 0 Å². The van der Waals surface area contributed by atoms with Crippen molar-refractivity contribution in [2.45, 2.75) is 13.8 Å². The maximum atomic E-state index is 13.4. The van der Waals surface area contributed by atoms with Crippen LogP contribution in [-0.2, 0) is 9.53 Å². The van der Waals surface area contributed by atoms with Crippen LogP contribution in [-0.4, -0.2) is 53.8 Å². The van der Waals surface area contributed by atoms with Crippen molar-refractivity contribution in [3.8, 4) is 5.69 Å². The molecule has 2 aromatic carbocycles. The standard InChI is InChI=1S/C27H27ClN4O2S/c1-18-16-20(17-25-26(33)32(27(35)29(25)3)24-6-4-21(28)5-7-24)19(2)31(18)23-10-8-22(9-11-23)30-12-14-34-15-13-30/h4-11,16-17H,12-15H2,1-3H3/b25-17-. The molecule has 0 atom stereocenters. The summed E-state index contributed by atoms with van der Waals surface area (Å²) in [6.07, 6.45) is 1.92. The number of benzene rings is 2. The number of ether oxygens (including phenoxy) is 1. The number of anilines is 2. The molecular weight excluding hydrogens is 480 g/mol. The van der Waals surface area contributed by atoms with E-state index in [4.69, 9.17) is 28.6 Å². The second-order valence-electron chi connectivity index (χ2n) is 8.77. The fourth-order valence-corrected chi connectivity index (χ4v) is 5.10. The molecule has 35 heavy (non-hydrogen) atoms. The van der Waals surface area contributed by atoms with Crippen LogP contribution >= 0.6 is 23.8 Å². The molecule has 0 spiro atoms. The second-order valence-corrected chi connectivity index (χ2v) is 9.57. The fourth-order valence-electron chi connectivity index (χ4n) is 4.69. The van der Waals surface area contributed by atoms with E-state index in [1.807, 2.05) is 13.1 Å². The molecule has 1 amide bonds. The third-order valence-corrected chi connectivity index (χ3v) is 7.30. The zero-order valence-corrected chi connectivity index (χ0v) is 21.6. The molecule has 2 saturated heterocycles. The van der Waals surface area contributed by atoms with Gasteiger partial charge in [0.1, 0.15) is 5.70 Å². The van der Waals surface area contributed by atoms with Gasteiger partial charge in [0, 0.05) is 47.9 Å². The van der Waals surface area contributed by atoms with Crippen molar-refractivity contribution in [2.75, 3.05) is 43.2 Å². The van der Waals surface area contributed by atoms with Gasteiger partial charge in [0.25, 0.3) is 5.91 Å². The first-order chi connectivity index (χ1) is 16.8. The number of amides is 1. The topological polar surface area (TPSA) is 41.0 Å². The first kappa shape index (κ1) is 23.6. The number of carbonyl (C=O) groups excluding carboxylic acids is 1. The monoisotopic (exact) mass is 506 g/mol. The van der Waals surface area contributed by atoms with Gasteiger partial charge in [-0.15, -0.1) is 0 Å². The van der Waals surface area contributed by atoms with E-state index in [-0.39, 0.29) is 5.91 Å². The molecule has 1 aromatic heterocycles. The summed E-state index contributed by atoms with van der Waals surface area (Å²) in [4.78, 5) is 19.0. The van der Waals surface area contributed by atoms with Crippen molar-refractivity contribution < 1.29 is 9.53 Å². The zero-order chi connectivity index (χ0) is 24.7. The van der Waals surface area contributed by atoms with Crippen LogP contribution in [0.2, 0.25) is 5.02 Å². The summed E-state index contributed by atoms with van der Waals surface area (Å²) in [5.74, 6) is -0.153. The molecular formula is C27H27ClN4O2S. The molecule has 8 heteroatoms. The van der Waals surface area contributed by atoms with Crippen LogP contribution in [0.3, 0.4) is 0 Å². The number of aryl methyl sites for hydroxylation is 1. The van der Waals surface area contributed by atoms with Gasteiger partial charge in [-0.3, -0.25) is 9.69 Å². The molecule has 0 saturated carbocycles. The summed E-state index contributed by atoms with van der Waals surface area (Å²) < 4.78 is 7.68. The summed E-state index contributed by atoms with van der Waals surface area (Å²) >= 11 is 11.6. The van der Waals surface area contributed by atoms with Crippen LogP contribution in [0.5, 0.6) is 0 Å². The van der Waals surface area contributed by atoms with Crippen LogP contribution < -0.4 is 9.80 Å². The van der Waals surface area contributed by atoms with Crippen molar-refractivity contribution >= 4 is 52.3 Å². The number of thiocarbonyl (C=S) groups is 1. The van der Waals surface area contributed by atoms with Crippen molar-refractivity contribution in [3.05, 3.63) is 82.3 Å². The van der Waals surface area contributed by atoms with Crippen LogP contribution in [0.25, 0.3) is 11.8 Å². The number of morpholine rings is 1. The molecule has 2 aliphatic heterocycles. The van der Waals surface area contributed by atoms with E-state index in [0.29, 0.717) is 21.5 Å². The van der Waals surface area contributed by atoms with Gasteiger partial charge in [0.2, 0.25) is 0 Å². The van der Waals surface area contributed by atoms with Gasteiger partial charge in [-0.25, -0.2) is 0 Å². The molecule has 2 aliphatic rings. The molecule has 0 N–H and O–H groups in total. The summed E-state index contributed by atoms with van der Waals surface area (Å²) in [5, 5.41) is 1.05. The number of nitrogens with zero attached hydrogens (tertiary/aromatic N) is 4. The number of hydrogen-bond acceptors (Lipinski definition) is 4. The lowest BCUT2D eigenvalue weighted by molar-refractivity contribution is -0.114. The Morgan fingerprint density at radius 1 is 0.943 bits per heavy atom. The summed E-state index contributed by atoms with van der Waals surface area (Å²) in [6, 6.07) is 17.8. The van der Waals surface area contributed by atoms with Crippen LogP contribution in [0.4, 0.5) is 11.4 Å². The highest BCUT2D eigenvalue weighted by molar-refractivity contribution is 7.80. The molecule has 180 valence electrons. The minimum atomic E-state index is -0.153. The molecule has 2 fully saturated rings. The van der Waals surface area contributed by atoms with Gasteiger partial charge in [-0.05, 0) is 92.3 Å². The lowest BCUT2D eigenvalue weighted by Gasteiger charge is -2.29. The number of rotatable bonds is 4. The van der Waals surface area contributed by atoms with Crippen molar-refractivity contribution in [1.82, 2.24) is 9.47 Å². The van der Waals surface area contributed by atoms with E-state index in [1.54, 1.807) is 34.1 Å². The maximum Gasteiger partial charge on any atom is 0.281 e. The van der Waals surface area contributed by atoms with Gasteiger partial charge in [0.05, 0.1) is 18.9 Å².